The van der Waals surface area contributed by atoms with Gasteiger partial charge < -0.3 is 10.2 Å². The van der Waals surface area contributed by atoms with E-state index < -0.39 is 23.9 Å². The summed E-state index contributed by atoms with van der Waals surface area (Å²) in [5.74, 6) is -1.79. The fourth-order valence-electron chi connectivity index (χ4n) is 2.31. The number of azo groups is 1. The maximum absolute atomic E-state index is 13.8. The highest BCUT2D eigenvalue weighted by Gasteiger charge is 2.34. The molecule has 0 amide bonds. The summed E-state index contributed by atoms with van der Waals surface area (Å²) in [7, 11) is 0. The first-order valence-corrected chi connectivity index (χ1v) is 7.28. The van der Waals surface area contributed by atoms with E-state index in [2.05, 4.69) is 15.2 Å². The largest absolute Gasteiger partial charge is 0.508 e. The average Bonchev–Trinajstić information content (AvgIpc) is 2.55. The number of aliphatic carboxylic acids is 1. The van der Waals surface area contributed by atoms with Gasteiger partial charge >= 0.3 is 5.97 Å². The molecule has 2 unspecified atom stereocenters. The minimum atomic E-state index is -1.26. The zero-order chi connectivity index (χ0) is 17.3. The van der Waals surface area contributed by atoms with Crippen molar-refractivity contribution in [2.75, 3.05) is 0 Å². The van der Waals surface area contributed by atoms with Crippen molar-refractivity contribution in [3.8, 4) is 5.75 Å². The Morgan fingerprint density at radius 2 is 2.00 bits per heavy atom. The standard InChI is InChI=1S/C16H11ClFN3O3/c17-11-6-13-10(5-12(11)18)14(15(16(23)24)21-20-13)19-7-8-1-3-9(22)4-2-8/h1-7,14-15,22H,(H,23,24). The van der Waals surface area contributed by atoms with E-state index in [-0.39, 0.29) is 16.5 Å². The summed E-state index contributed by atoms with van der Waals surface area (Å²) in [5.41, 5.74) is 1.23. The van der Waals surface area contributed by atoms with Gasteiger partial charge in [0.2, 0.25) is 0 Å². The molecule has 8 heteroatoms. The Balaban J connectivity index is 2.02. The molecule has 1 heterocycles. The molecule has 1 aliphatic rings. The van der Waals surface area contributed by atoms with E-state index in [9.17, 15) is 19.4 Å². The fourth-order valence-corrected chi connectivity index (χ4v) is 2.46. The third-order valence-electron chi connectivity index (χ3n) is 3.51. The predicted molar refractivity (Wildman–Crippen MR) is 85.8 cm³/mol. The van der Waals surface area contributed by atoms with Crippen molar-refractivity contribution in [1.82, 2.24) is 0 Å². The summed E-state index contributed by atoms with van der Waals surface area (Å²) in [6.45, 7) is 0. The van der Waals surface area contributed by atoms with E-state index in [4.69, 9.17) is 11.6 Å². The maximum atomic E-state index is 13.8. The molecule has 122 valence electrons. The molecule has 2 aromatic carbocycles. The van der Waals surface area contributed by atoms with Crippen molar-refractivity contribution in [2.24, 2.45) is 15.2 Å². The second kappa shape index (κ2) is 6.37. The van der Waals surface area contributed by atoms with E-state index in [0.717, 1.165) is 6.07 Å². The summed E-state index contributed by atoms with van der Waals surface area (Å²) in [6.07, 6.45) is 1.44. The summed E-state index contributed by atoms with van der Waals surface area (Å²) in [4.78, 5) is 15.6. The molecule has 2 aromatic rings. The highest BCUT2D eigenvalue weighted by atomic mass is 35.5. The molecule has 0 saturated carbocycles. The van der Waals surface area contributed by atoms with Gasteiger partial charge in [0, 0.05) is 11.8 Å². The van der Waals surface area contributed by atoms with Crippen LogP contribution in [0.25, 0.3) is 0 Å². The molecule has 0 aliphatic carbocycles. The highest BCUT2D eigenvalue weighted by molar-refractivity contribution is 6.31. The Morgan fingerprint density at radius 1 is 1.29 bits per heavy atom. The van der Waals surface area contributed by atoms with Gasteiger partial charge in [-0.3, -0.25) is 4.99 Å². The van der Waals surface area contributed by atoms with Crippen LogP contribution in [0, 0.1) is 5.82 Å². The smallest absolute Gasteiger partial charge is 0.333 e. The Labute approximate surface area is 141 Å². The number of carbonyl (C=O) groups is 1. The summed E-state index contributed by atoms with van der Waals surface area (Å²) in [6, 6.07) is 6.40. The number of halogens is 2. The molecule has 6 nitrogen and oxygen atoms in total. The quantitative estimate of drug-likeness (QED) is 0.824. The lowest BCUT2D eigenvalue weighted by Crippen LogP contribution is -2.27. The summed E-state index contributed by atoms with van der Waals surface area (Å²) >= 11 is 5.72. The molecule has 2 N–H and O–H groups in total. The third-order valence-corrected chi connectivity index (χ3v) is 3.80. The Kier molecular flexibility index (Phi) is 4.26. The average molecular weight is 348 g/mol. The van der Waals surface area contributed by atoms with Gasteiger partial charge in [-0.15, -0.1) is 0 Å². The van der Waals surface area contributed by atoms with Crippen molar-refractivity contribution < 1.29 is 19.4 Å². The van der Waals surface area contributed by atoms with Crippen LogP contribution >= 0.6 is 11.6 Å². The lowest BCUT2D eigenvalue weighted by atomic mass is 9.97. The normalized spacial score (nSPS) is 19.4. The molecule has 0 spiro atoms. The molecule has 2 atom stereocenters. The second-order valence-electron chi connectivity index (χ2n) is 5.14. The number of nitrogens with zero attached hydrogens (tertiary/aromatic N) is 3. The number of rotatable bonds is 3. The Hall–Kier alpha value is -2.80. The van der Waals surface area contributed by atoms with E-state index in [0.29, 0.717) is 11.1 Å². The van der Waals surface area contributed by atoms with E-state index in [1.807, 2.05) is 0 Å². The Bertz CT molecular complexity index is 852. The number of carboxylic acid groups (broad SMARTS) is 1. The molecule has 0 bridgehead atoms. The topological polar surface area (TPSA) is 94.6 Å². The molecule has 0 aromatic heterocycles. The van der Waals surface area contributed by atoms with Crippen molar-refractivity contribution in [1.29, 1.82) is 0 Å². The fraction of sp³-hybridized carbons (Fsp3) is 0.125. The monoisotopic (exact) mass is 347 g/mol. The number of hydrogen-bond acceptors (Lipinski definition) is 5. The predicted octanol–water partition coefficient (Wildman–Crippen LogP) is 3.90. The second-order valence-corrected chi connectivity index (χ2v) is 5.55. The number of hydrogen-bond donors (Lipinski definition) is 2. The maximum Gasteiger partial charge on any atom is 0.333 e. The number of benzene rings is 2. The number of aliphatic imine (C=N–C) groups is 1. The van der Waals surface area contributed by atoms with Gasteiger partial charge in [0.05, 0.1) is 10.7 Å². The van der Waals surface area contributed by atoms with E-state index in [1.54, 1.807) is 12.1 Å². The van der Waals surface area contributed by atoms with Crippen LogP contribution in [0.15, 0.2) is 51.6 Å². The van der Waals surface area contributed by atoms with Crippen molar-refractivity contribution in [2.45, 2.75) is 12.1 Å². The number of aromatic hydroxyl groups is 1. The van der Waals surface area contributed by atoms with Crippen molar-refractivity contribution in [3.63, 3.8) is 0 Å². The number of carboxylic acids is 1. The zero-order valence-corrected chi connectivity index (χ0v) is 12.9. The van der Waals surface area contributed by atoms with Crippen LogP contribution in [0.4, 0.5) is 10.1 Å². The van der Waals surface area contributed by atoms with E-state index in [1.165, 1.54) is 24.4 Å². The van der Waals surface area contributed by atoms with E-state index >= 15 is 0 Å². The van der Waals surface area contributed by atoms with Gasteiger partial charge in [-0.2, -0.15) is 10.2 Å². The first kappa shape index (κ1) is 16.1. The van der Waals surface area contributed by atoms with Crippen LogP contribution in [-0.4, -0.2) is 28.4 Å². The first-order chi connectivity index (χ1) is 11.5. The lowest BCUT2D eigenvalue weighted by molar-refractivity contribution is -0.139. The first-order valence-electron chi connectivity index (χ1n) is 6.90. The molecule has 1 aliphatic heterocycles. The number of fused-ring (bicyclic) bond motifs is 1. The molecule has 0 saturated heterocycles. The van der Waals surface area contributed by atoms with Crippen molar-refractivity contribution in [3.05, 3.63) is 58.4 Å². The highest BCUT2D eigenvalue weighted by Crippen LogP contribution is 2.39. The van der Waals surface area contributed by atoms with Crippen LogP contribution < -0.4 is 0 Å². The van der Waals surface area contributed by atoms with Crippen LogP contribution in [0.1, 0.15) is 17.2 Å². The summed E-state index contributed by atoms with van der Waals surface area (Å²) in [5, 5.41) is 26.0. The molecular weight excluding hydrogens is 337 g/mol. The van der Waals surface area contributed by atoms with Gasteiger partial charge in [0.1, 0.15) is 17.6 Å². The number of phenolic OH excluding ortho intramolecular Hbond substituents is 1. The molecule has 24 heavy (non-hydrogen) atoms. The molecule has 3 rings (SSSR count). The minimum absolute atomic E-state index is 0.101. The van der Waals surface area contributed by atoms with Crippen LogP contribution in [0.2, 0.25) is 5.02 Å². The van der Waals surface area contributed by atoms with Crippen LogP contribution in [0.3, 0.4) is 0 Å². The van der Waals surface area contributed by atoms with Crippen LogP contribution in [-0.2, 0) is 4.79 Å². The van der Waals surface area contributed by atoms with Crippen molar-refractivity contribution >= 4 is 29.5 Å². The number of phenols is 1. The molecule has 0 fully saturated rings. The molecular formula is C16H11ClFN3O3. The zero-order valence-electron chi connectivity index (χ0n) is 12.1. The third kappa shape index (κ3) is 3.11. The van der Waals surface area contributed by atoms with Gasteiger partial charge in [0.25, 0.3) is 0 Å². The van der Waals surface area contributed by atoms with Crippen LogP contribution in [0.5, 0.6) is 5.75 Å². The SMILES string of the molecule is O=C(O)C1N=Nc2cc(Cl)c(F)cc2C1N=Cc1ccc(O)cc1. The molecule has 0 radical (unpaired) electrons. The van der Waals surface area contributed by atoms with Gasteiger partial charge in [0.15, 0.2) is 6.04 Å². The van der Waals surface area contributed by atoms with Gasteiger partial charge in [-0.1, -0.05) is 11.6 Å². The Morgan fingerprint density at radius 3 is 2.67 bits per heavy atom. The lowest BCUT2D eigenvalue weighted by Gasteiger charge is -2.22. The minimum Gasteiger partial charge on any atom is -0.508 e. The summed E-state index contributed by atoms with van der Waals surface area (Å²) < 4.78 is 13.8. The van der Waals surface area contributed by atoms with Gasteiger partial charge in [-0.05, 0) is 42.0 Å². The van der Waals surface area contributed by atoms with Gasteiger partial charge in [-0.25, -0.2) is 9.18 Å².